The highest BCUT2D eigenvalue weighted by Crippen LogP contribution is 2.30. The van der Waals surface area contributed by atoms with Gasteiger partial charge in [0.1, 0.15) is 11.5 Å². The van der Waals surface area contributed by atoms with Gasteiger partial charge in [0.25, 0.3) is 0 Å². The number of rotatable bonds is 6. The summed E-state index contributed by atoms with van der Waals surface area (Å²) in [5, 5.41) is 1.43. The molecule has 0 aromatic heterocycles. The SMILES string of the molecule is CCCCc1ccc(Oc2cc(Cl)ccc2CBr)cc1. The van der Waals surface area contributed by atoms with Crippen LogP contribution in [0.2, 0.25) is 5.02 Å². The van der Waals surface area contributed by atoms with Crippen LogP contribution in [0.25, 0.3) is 0 Å². The van der Waals surface area contributed by atoms with E-state index in [9.17, 15) is 0 Å². The highest BCUT2D eigenvalue weighted by atomic mass is 79.9. The normalized spacial score (nSPS) is 10.6. The summed E-state index contributed by atoms with van der Waals surface area (Å²) in [7, 11) is 0. The van der Waals surface area contributed by atoms with E-state index in [0.717, 1.165) is 28.8 Å². The van der Waals surface area contributed by atoms with Crippen LogP contribution in [0.1, 0.15) is 30.9 Å². The number of hydrogen-bond acceptors (Lipinski definition) is 1. The lowest BCUT2D eigenvalue weighted by Gasteiger charge is -2.10. The smallest absolute Gasteiger partial charge is 0.132 e. The summed E-state index contributed by atoms with van der Waals surface area (Å²) in [5.74, 6) is 1.64. The molecule has 106 valence electrons. The predicted molar refractivity (Wildman–Crippen MR) is 89.2 cm³/mol. The van der Waals surface area contributed by atoms with E-state index in [1.807, 2.05) is 30.3 Å². The Morgan fingerprint density at radius 1 is 1.10 bits per heavy atom. The van der Waals surface area contributed by atoms with E-state index < -0.39 is 0 Å². The fourth-order valence-electron chi connectivity index (χ4n) is 1.97. The molecule has 0 saturated carbocycles. The Bertz CT molecular complexity index is 551. The fourth-order valence-corrected chi connectivity index (χ4v) is 2.59. The quantitative estimate of drug-likeness (QED) is 0.548. The number of aryl methyl sites for hydroxylation is 1. The molecule has 0 bridgehead atoms. The lowest BCUT2D eigenvalue weighted by atomic mass is 10.1. The van der Waals surface area contributed by atoms with Crippen LogP contribution < -0.4 is 4.74 Å². The van der Waals surface area contributed by atoms with Gasteiger partial charge in [-0.2, -0.15) is 0 Å². The van der Waals surface area contributed by atoms with Crippen LogP contribution in [0.15, 0.2) is 42.5 Å². The Hall–Kier alpha value is -0.990. The first kappa shape index (κ1) is 15.4. The van der Waals surface area contributed by atoms with Gasteiger partial charge in [-0.05, 0) is 42.7 Å². The minimum absolute atomic E-state index is 0.685. The summed E-state index contributed by atoms with van der Waals surface area (Å²) < 4.78 is 5.93. The first-order chi connectivity index (χ1) is 9.72. The van der Waals surface area contributed by atoms with E-state index in [1.54, 1.807) is 0 Å². The Morgan fingerprint density at radius 3 is 2.50 bits per heavy atom. The van der Waals surface area contributed by atoms with E-state index in [2.05, 4.69) is 35.0 Å². The maximum Gasteiger partial charge on any atom is 0.132 e. The van der Waals surface area contributed by atoms with Crippen molar-refractivity contribution in [2.45, 2.75) is 31.5 Å². The van der Waals surface area contributed by atoms with Gasteiger partial charge in [-0.15, -0.1) is 0 Å². The standard InChI is InChI=1S/C17H18BrClO/c1-2-3-4-13-5-9-16(10-6-13)20-17-11-15(19)8-7-14(17)12-18/h5-11H,2-4,12H2,1H3. The van der Waals surface area contributed by atoms with Crippen LogP contribution in [0.3, 0.4) is 0 Å². The fraction of sp³-hybridized carbons (Fsp3) is 0.294. The third-order valence-electron chi connectivity index (χ3n) is 3.14. The van der Waals surface area contributed by atoms with E-state index in [4.69, 9.17) is 16.3 Å². The van der Waals surface area contributed by atoms with Gasteiger partial charge in [0.2, 0.25) is 0 Å². The van der Waals surface area contributed by atoms with Gasteiger partial charge in [0.15, 0.2) is 0 Å². The van der Waals surface area contributed by atoms with Crippen LogP contribution in [-0.4, -0.2) is 0 Å². The molecule has 20 heavy (non-hydrogen) atoms. The molecule has 0 fully saturated rings. The zero-order valence-electron chi connectivity index (χ0n) is 11.5. The summed E-state index contributed by atoms with van der Waals surface area (Å²) in [5.41, 5.74) is 2.44. The van der Waals surface area contributed by atoms with Gasteiger partial charge in [-0.1, -0.05) is 59.1 Å². The van der Waals surface area contributed by atoms with Crippen molar-refractivity contribution < 1.29 is 4.74 Å². The number of benzene rings is 2. The molecule has 3 heteroatoms. The van der Waals surface area contributed by atoms with Crippen LogP contribution in [-0.2, 0) is 11.8 Å². The molecular formula is C17H18BrClO. The summed E-state index contributed by atoms with van der Waals surface area (Å²) in [6.45, 7) is 2.21. The molecule has 0 amide bonds. The molecule has 2 rings (SSSR count). The lowest BCUT2D eigenvalue weighted by molar-refractivity contribution is 0.478. The lowest BCUT2D eigenvalue weighted by Crippen LogP contribution is -1.90. The minimum Gasteiger partial charge on any atom is -0.457 e. The average Bonchev–Trinajstić information content (AvgIpc) is 2.47. The monoisotopic (exact) mass is 352 g/mol. The highest BCUT2D eigenvalue weighted by molar-refractivity contribution is 9.08. The molecule has 0 N–H and O–H groups in total. The van der Waals surface area contributed by atoms with Crippen LogP contribution in [0, 0.1) is 0 Å². The van der Waals surface area contributed by atoms with E-state index >= 15 is 0 Å². The third kappa shape index (κ3) is 4.26. The maximum atomic E-state index is 6.03. The van der Waals surface area contributed by atoms with Crippen molar-refractivity contribution in [1.29, 1.82) is 0 Å². The molecule has 0 aliphatic rings. The number of alkyl halides is 1. The van der Waals surface area contributed by atoms with Crippen molar-refractivity contribution in [2.75, 3.05) is 0 Å². The van der Waals surface area contributed by atoms with Gasteiger partial charge in [0, 0.05) is 15.9 Å². The molecule has 0 aliphatic heterocycles. The van der Waals surface area contributed by atoms with Crippen LogP contribution in [0.5, 0.6) is 11.5 Å². The molecule has 0 atom stereocenters. The number of ether oxygens (including phenoxy) is 1. The zero-order valence-corrected chi connectivity index (χ0v) is 13.9. The molecule has 0 radical (unpaired) electrons. The average molecular weight is 354 g/mol. The molecule has 2 aromatic carbocycles. The van der Waals surface area contributed by atoms with Crippen molar-refractivity contribution in [2.24, 2.45) is 0 Å². The van der Waals surface area contributed by atoms with Crippen molar-refractivity contribution in [3.8, 4) is 11.5 Å². The first-order valence-electron chi connectivity index (χ1n) is 6.84. The molecular weight excluding hydrogens is 336 g/mol. The molecule has 2 aromatic rings. The van der Waals surface area contributed by atoms with Gasteiger partial charge < -0.3 is 4.74 Å². The zero-order chi connectivity index (χ0) is 14.4. The molecule has 0 aliphatic carbocycles. The molecule has 0 unspecified atom stereocenters. The summed E-state index contributed by atoms with van der Waals surface area (Å²) in [4.78, 5) is 0. The number of halogens is 2. The van der Waals surface area contributed by atoms with E-state index in [-0.39, 0.29) is 0 Å². The summed E-state index contributed by atoms with van der Waals surface area (Å²) in [6, 6.07) is 14.0. The van der Waals surface area contributed by atoms with Gasteiger partial charge in [-0.3, -0.25) is 0 Å². The number of hydrogen-bond donors (Lipinski definition) is 0. The maximum absolute atomic E-state index is 6.03. The number of unbranched alkanes of at least 4 members (excludes halogenated alkanes) is 1. The van der Waals surface area contributed by atoms with Crippen molar-refractivity contribution >= 4 is 27.5 Å². The minimum atomic E-state index is 0.685. The summed E-state index contributed by atoms with van der Waals surface area (Å²) in [6.07, 6.45) is 3.57. The summed E-state index contributed by atoms with van der Waals surface area (Å²) >= 11 is 9.49. The van der Waals surface area contributed by atoms with Crippen molar-refractivity contribution in [1.82, 2.24) is 0 Å². The Labute approximate surface area is 134 Å². The largest absolute Gasteiger partial charge is 0.457 e. The van der Waals surface area contributed by atoms with Gasteiger partial charge >= 0.3 is 0 Å². The van der Waals surface area contributed by atoms with E-state index in [0.29, 0.717) is 5.02 Å². The van der Waals surface area contributed by atoms with Crippen molar-refractivity contribution in [3.63, 3.8) is 0 Å². The third-order valence-corrected chi connectivity index (χ3v) is 3.98. The molecule has 1 nitrogen and oxygen atoms in total. The molecule has 0 heterocycles. The second kappa shape index (κ2) is 7.70. The first-order valence-corrected chi connectivity index (χ1v) is 8.34. The van der Waals surface area contributed by atoms with Crippen molar-refractivity contribution in [3.05, 3.63) is 58.6 Å². The Morgan fingerprint density at radius 2 is 1.85 bits per heavy atom. The van der Waals surface area contributed by atoms with E-state index in [1.165, 1.54) is 18.4 Å². The van der Waals surface area contributed by atoms with Crippen LogP contribution >= 0.6 is 27.5 Å². The van der Waals surface area contributed by atoms with Gasteiger partial charge in [0.05, 0.1) is 0 Å². The second-order valence-corrected chi connectivity index (χ2v) is 5.73. The molecule has 0 spiro atoms. The second-order valence-electron chi connectivity index (χ2n) is 4.74. The molecule has 0 saturated heterocycles. The highest BCUT2D eigenvalue weighted by Gasteiger charge is 2.05. The van der Waals surface area contributed by atoms with Crippen LogP contribution in [0.4, 0.5) is 0 Å². The van der Waals surface area contributed by atoms with Gasteiger partial charge in [-0.25, -0.2) is 0 Å². The predicted octanol–water partition coefficient (Wildman–Crippen LogP) is 6.37. The Kier molecular flexibility index (Phi) is 5.93. The Balaban J connectivity index is 2.11. The topological polar surface area (TPSA) is 9.23 Å².